The van der Waals surface area contributed by atoms with E-state index in [2.05, 4.69) is 15.4 Å². The molecule has 26 heavy (non-hydrogen) atoms. The third-order valence-electron chi connectivity index (χ3n) is 4.18. The second kappa shape index (κ2) is 6.48. The first-order chi connectivity index (χ1) is 12.6. The molecule has 4 rings (SSSR count). The first-order valence-electron chi connectivity index (χ1n) is 8.35. The van der Waals surface area contributed by atoms with Crippen LogP contribution < -0.4 is 5.32 Å². The van der Waals surface area contributed by atoms with Crippen molar-refractivity contribution in [1.29, 1.82) is 0 Å². The van der Waals surface area contributed by atoms with Crippen molar-refractivity contribution < 1.29 is 9.21 Å². The van der Waals surface area contributed by atoms with Crippen molar-refractivity contribution in [3.05, 3.63) is 77.6 Å². The summed E-state index contributed by atoms with van der Waals surface area (Å²) in [5.41, 5.74) is 3.41. The Labute approximate surface area is 150 Å². The standard InChI is InChI=1S/C20H18N4O2/c1-13-11-14(2)24(23-13)12-16-8-9-18(26-16)20(25)22-17-7-3-5-15-6-4-10-21-19(15)17/h3-11H,12H2,1-2H3,(H,22,25). The van der Waals surface area contributed by atoms with Crippen LogP contribution in [0.3, 0.4) is 0 Å². The summed E-state index contributed by atoms with van der Waals surface area (Å²) in [6, 6.07) is 15.0. The van der Waals surface area contributed by atoms with Gasteiger partial charge in [-0.15, -0.1) is 0 Å². The van der Waals surface area contributed by atoms with Crippen molar-refractivity contribution in [2.24, 2.45) is 0 Å². The van der Waals surface area contributed by atoms with Gasteiger partial charge < -0.3 is 9.73 Å². The molecule has 1 N–H and O–H groups in total. The largest absolute Gasteiger partial charge is 0.454 e. The van der Waals surface area contributed by atoms with E-state index in [0.29, 0.717) is 18.0 Å². The predicted molar refractivity (Wildman–Crippen MR) is 99.2 cm³/mol. The fraction of sp³-hybridized carbons (Fsp3) is 0.150. The smallest absolute Gasteiger partial charge is 0.291 e. The minimum Gasteiger partial charge on any atom is -0.454 e. The summed E-state index contributed by atoms with van der Waals surface area (Å²) in [5.74, 6) is 0.634. The number of rotatable bonds is 4. The van der Waals surface area contributed by atoms with E-state index in [0.717, 1.165) is 22.3 Å². The first kappa shape index (κ1) is 16.1. The van der Waals surface area contributed by atoms with Gasteiger partial charge in [0.2, 0.25) is 0 Å². The summed E-state index contributed by atoms with van der Waals surface area (Å²) in [6.07, 6.45) is 1.71. The van der Waals surface area contributed by atoms with E-state index >= 15 is 0 Å². The lowest BCUT2D eigenvalue weighted by molar-refractivity contribution is 0.0995. The molecule has 3 aromatic heterocycles. The zero-order valence-electron chi connectivity index (χ0n) is 14.6. The lowest BCUT2D eigenvalue weighted by Gasteiger charge is -2.06. The highest BCUT2D eigenvalue weighted by atomic mass is 16.4. The van der Waals surface area contributed by atoms with Gasteiger partial charge in [0.15, 0.2) is 5.76 Å². The number of anilines is 1. The van der Waals surface area contributed by atoms with Crippen LogP contribution >= 0.6 is 0 Å². The van der Waals surface area contributed by atoms with Crippen LogP contribution in [0.5, 0.6) is 0 Å². The van der Waals surface area contributed by atoms with Crippen LogP contribution in [0.25, 0.3) is 10.9 Å². The van der Waals surface area contributed by atoms with Gasteiger partial charge in [0.05, 0.1) is 23.4 Å². The zero-order valence-corrected chi connectivity index (χ0v) is 14.6. The Bertz CT molecular complexity index is 1090. The minimum atomic E-state index is -0.303. The van der Waals surface area contributed by atoms with E-state index in [4.69, 9.17) is 4.42 Å². The molecule has 6 nitrogen and oxygen atoms in total. The molecule has 0 aliphatic heterocycles. The topological polar surface area (TPSA) is 73.0 Å². The number of hydrogen-bond donors (Lipinski definition) is 1. The van der Waals surface area contributed by atoms with E-state index < -0.39 is 0 Å². The molecule has 6 heteroatoms. The van der Waals surface area contributed by atoms with Gasteiger partial charge in [-0.25, -0.2) is 0 Å². The number of aryl methyl sites for hydroxylation is 2. The Kier molecular flexibility index (Phi) is 4.01. The van der Waals surface area contributed by atoms with Gasteiger partial charge in [-0.2, -0.15) is 5.10 Å². The molecular formula is C20H18N4O2. The van der Waals surface area contributed by atoms with Gasteiger partial charge in [-0.05, 0) is 44.2 Å². The summed E-state index contributed by atoms with van der Waals surface area (Å²) in [4.78, 5) is 16.9. The lowest BCUT2D eigenvalue weighted by Crippen LogP contribution is -2.11. The zero-order chi connectivity index (χ0) is 18.1. The Balaban J connectivity index is 1.54. The molecule has 0 atom stereocenters. The van der Waals surface area contributed by atoms with E-state index in [1.54, 1.807) is 18.3 Å². The van der Waals surface area contributed by atoms with Crippen LogP contribution in [0.15, 0.2) is 59.1 Å². The molecule has 0 aliphatic carbocycles. The summed E-state index contributed by atoms with van der Waals surface area (Å²) < 4.78 is 7.56. The molecule has 1 aromatic carbocycles. The van der Waals surface area contributed by atoms with Gasteiger partial charge in [-0.1, -0.05) is 18.2 Å². The average Bonchev–Trinajstić information content (AvgIpc) is 3.22. The van der Waals surface area contributed by atoms with Crippen molar-refractivity contribution in [3.63, 3.8) is 0 Å². The summed E-state index contributed by atoms with van der Waals surface area (Å²) in [6.45, 7) is 4.43. The van der Waals surface area contributed by atoms with Gasteiger partial charge >= 0.3 is 0 Å². The number of hydrogen-bond acceptors (Lipinski definition) is 4. The van der Waals surface area contributed by atoms with E-state index in [-0.39, 0.29) is 11.7 Å². The maximum atomic E-state index is 12.5. The molecule has 130 valence electrons. The van der Waals surface area contributed by atoms with Crippen LogP contribution in [-0.2, 0) is 6.54 Å². The second-order valence-corrected chi connectivity index (χ2v) is 6.19. The maximum absolute atomic E-state index is 12.5. The number of carbonyl (C=O) groups excluding carboxylic acids is 1. The Morgan fingerprint density at radius 2 is 2.00 bits per heavy atom. The predicted octanol–water partition coefficient (Wildman–Crippen LogP) is 3.94. The molecule has 0 fully saturated rings. The van der Waals surface area contributed by atoms with E-state index in [1.165, 1.54) is 0 Å². The summed E-state index contributed by atoms with van der Waals surface area (Å²) in [5, 5.41) is 8.25. The highest BCUT2D eigenvalue weighted by molar-refractivity contribution is 6.06. The molecule has 0 unspecified atom stereocenters. The quantitative estimate of drug-likeness (QED) is 0.607. The molecule has 4 aromatic rings. The van der Waals surface area contributed by atoms with E-state index in [1.807, 2.05) is 54.9 Å². The first-order valence-corrected chi connectivity index (χ1v) is 8.35. The van der Waals surface area contributed by atoms with Crippen LogP contribution in [0, 0.1) is 13.8 Å². The molecule has 3 heterocycles. The highest BCUT2D eigenvalue weighted by Gasteiger charge is 2.14. The molecule has 0 saturated heterocycles. The average molecular weight is 346 g/mol. The van der Waals surface area contributed by atoms with Crippen molar-refractivity contribution in [3.8, 4) is 0 Å². The van der Waals surface area contributed by atoms with Crippen molar-refractivity contribution in [2.75, 3.05) is 5.32 Å². The number of pyridine rings is 1. The van der Waals surface area contributed by atoms with Crippen LogP contribution in [0.1, 0.15) is 27.7 Å². The summed E-state index contributed by atoms with van der Waals surface area (Å²) >= 11 is 0. The Morgan fingerprint density at radius 1 is 1.15 bits per heavy atom. The number of nitrogens with one attached hydrogen (secondary N) is 1. The molecule has 0 radical (unpaired) electrons. The van der Waals surface area contributed by atoms with Crippen molar-refractivity contribution in [2.45, 2.75) is 20.4 Å². The minimum absolute atomic E-state index is 0.259. The number of amides is 1. The third kappa shape index (κ3) is 3.09. The van der Waals surface area contributed by atoms with Crippen LogP contribution in [0.4, 0.5) is 5.69 Å². The highest BCUT2D eigenvalue weighted by Crippen LogP contribution is 2.22. The molecular weight excluding hydrogens is 328 g/mol. The van der Waals surface area contributed by atoms with Gasteiger partial charge in [0, 0.05) is 17.3 Å². The summed E-state index contributed by atoms with van der Waals surface area (Å²) in [7, 11) is 0. The fourth-order valence-corrected chi connectivity index (χ4v) is 2.96. The number of carbonyl (C=O) groups is 1. The number of fused-ring (bicyclic) bond motifs is 1. The SMILES string of the molecule is Cc1cc(C)n(Cc2ccc(C(=O)Nc3cccc4cccnc34)o2)n1. The molecule has 0 spiro atoms. The van der Waals surface area contributed by atoms with Gasteiger partial charge in [0.1, 0.15) is 5.76 Å². The second-order valence-electron chi connectivity index (χ2n) is 6.19. The Hall–Kier alpha value is -3.41. The molecule has 0 saturated carbocycles. The van der Waals surface area contributed by atoms with Crippen LogP contribution in [-0.4, -0.2) is 20.7 Å². The molecule has 1 amide bonds. The maximum Gasteiger partial charge on any atom is 0.291 e. The van der Waals surface area contributed by atoms with Crippen LogP contribution in [0.2, 0.25) is 0 Å². The lowest BCUT2D eigenvalue weighted by atomic mass is 10.2. The number of furan rings is 1. The number of para-hydroxylation sites is 1. The van der Waals surface area contributed by atoms with Gasteiger partial charge in [0.25, 0.3) is 5.91 Å². The third-order valence-corrected chi connectivity index (χ3v) is 4.18. The fourth-order valence-electron chi connectivity index (χ4n) is 2.96. The van der Waals surface area contributed by atoms with Gasteiger partial charge in [-0.3, -0.25) is 14.5 Å². The number of nitrogens with zero attached hydrogens (tertiary/aromatic N) is 3. The normalized spacial score (nSPS) is 11.0. The monoisotopic (exact) mass is 346 g/mol. The number of benzene rings is 1. The molecule has 0 bridgehead atoms. The molecule has 0 aliphatic rings. The van der Waals surface area contributed by atoms with Crippen molar-refractivity contribution >= 4 is 22.5 Å². The number of aromatic nitrogens is 3. The van der Waals surface area contributed by atoms with E-state index in [9.17, 15) is 4.79 Å². The Morgan fingerprint density at radius 3 is 2.81 bits per heavy atom. The van der Waals surface area contributed by atoms with Crippen molar-refractivity contribution in [1.82, 2.24) is 14.8 Å².